The van der Waals surface area contributed by atoms with E-state index in [1.54, 1.807) is 6.07 Å². The Morgan fingerprint density at radius 3 is 2.79 bits per heavy atom. The largest absolute Gasteiger partial charge is 0.492 e. The van der Waals surface area contributed by atoms with Crippen LogP contribution in [0.15, 0.2) is 47.1 Å². The number of carboxylic acid groups (broad SMARTS) is 1. The third-order valence-corrected chi connectivity index (χ3v) is 2.55. The number of rotatable bonds is 7. The SMILES string of the molecule is O=C(O)c1occc1CNCCOc1ccccc1. The van der Waals surface area contributed by atoms with Crippen molar-refractivity contribution in [2.24, 2.45) is 0 Å². The molecule has 0 fully saturated rings. The maximum atomic E-state index is 10.8. The molecular weight excluding hydrogens is 246 g/mol. The minimum absolute atomic E-state index is 0.0172. The van der Waals surface area contributed by atoms with Gasteiger partial charge in [-0.05, 0) is 18.2 Å². The van der Waals surface area contributed by atoms with E-state index in [2.05, 4.69) is 5.32 Å². The van der Waals surface area contributed by atoms with E-state index in [9.17, 15) is 4.79 Å². The summed E-state index contributed by atoms with van der Waals surface area (Å²) >= 11 is 0. The Bertz CT molecular complexity index is 521. The fourth-order valence-corrected chi connectivity index (χ4v) is 1.64. The van der Waals surface area contributed by atoms with Crippen molar-refractivity contribution < 1.29 is 19.1 Å². The second kappa shape index (κ2) is 6.61. The lowest BCUT2D eigenvalue weighted by molar-refractivity contribution is 0.0660. The fourth-order valence-electron chi connectivity index (χ4n) is 1.64. The number of carbonyl (C=O) groups is 1. The molecule has 0 radical (unpaired) electrons. The highest BCUT2D eigenvalue weighted by Gasteiger charge is 2.12. The van der Waals surface area contributed by atoms with E-state index >= 15 is 0 Å². The molecule has 0 saturated heterocycles. The number of ether oxygens (including phenoxy) is 1. The Kier molecular flexibility index (Phi) is 4.58. The zero-order valence-electron chi connectivity index (χ0n) is 10.3. The molecule has 5 heteroatoms. The van der Waals surface area contributed by atoms with Crippen molar-refractivity contribution in [3.05, 3.63) is 54.0 Å². The van der Waals surface area contributed by atoms with Crippen LogP contribution in [0.2, 0.25) is 0 Å². The molecule has 0 aliphatic heterocycles. The van der Waals surface area contributed by atoms with Gasteiger partial charge >= 0.3 is 5.97 Å². The molecule has 5 nitrogen and oxygen atoms in total. The monoisotopic (exact) mass is 261 g/mol. The van der Waals surface area contributed by atoms with Gasteiger partial charge in [0.05, 0.1) is 6.26 Å². The summed E-state index contributed by atoms with van der Waals surface area (Å²) in [7, 11) is 0. The molecule has 0 bridgehead atoms. The molecule has 0 saturated carbocycles. The van der Waals surface area contributed by atoms with Gasteiger partial charge in [0.15, 0.2) is 0 Å². The average molecular weight is 261 g/mol. The van der Waals surface area contributed by atoms with Crippen LogP contribution in [0.4, 0.5) is 0 Å². The normalized spacial score (nSPS) is 10.3. The van der Waals surface area contributed by atoms with Crippen LogP contribution >= 0.6 is 0 Å². The summed E-state index contributed by atoms with van der Waals surface area (Å²) in [5.74, 6) is -0.252. The Balaban J connectivity index is 1.70. The van der Waals surface area contributed by atoms with Crippen molar-refractivity contribution in [3.63, 3.8) is 0 Å². The van der Waals surface area contributed by atoms with E-state index in [0.29, 0.717) is 25.3 Å². The molecule has 0 amide bonds. The summed E-state index contributed by atoms with van der Waals surface area (Å²) in [5.41, 5.74) is 0.632. The van der Waals surface area contributed by atoms with Crippen LogP contribution in [0.5, 0.6) is 5.75 Å². The number of hydrogen-bond acceptors (Lipinski definition) is 4. The van der Waals surface area contributed by atoms with E-state index < -0.39 is 5.97 Å². The molecule has 2 aromatic rings. The first-order valence-corrected chi connectivity index (χ1v) is 5.95. The third-order valence-electron chi connectivity index (χ3n) is 2.55. The first kappa shape index (κ1) is 13.2. The topological polar surface area (TPSA) is 71.7 Å². The van der Waals surface area contributed by atoms with Crippen LogP contribution < -0.4 is 10.1 Å². The predicted molar refractivity (Wildman–Crippen MR) is 69.3 cm³/mol. The zero-order chi connectivity index (χ0) is 13.5. The molecule has 0 aliphatic rings. The molecule has 0 aliphatic carbocycles. The Morgan fingerprint density at radius 2 is 2.05 bits per heavy atom. The summed E-state index contributed by atoms with van der Waals surface area (Å²) in [6.45, 7) is 1.58. The van der Waals surface area contributed by atoms with E-state index in [0.717, 1.165) is 5.75 Å². The van der Waals surface area contributed by atoms with Crippen LogP contribution in [0.1, 0.15) is 16.1 Å². The van der Waals surface area contributed by atoms with Gasteiger partial charge in [-0.15, -0.1) is 0 Å². The first-order valence-electron chi connectivity index (χ1n) is 5.95. The standard InChI is InChI=1S/C14H15NO4/c16-14(17)13-11(6-8-19-13)10-15-7-9-18-12-4-2-1-3-5-12/h1-6,8,15H,7,9-10H2,(H,16,17). The van der Waals surface area contributed by atoms with Gasteiger partial charge < -0.3 is 19.6 Å². The van der Waals surface area contributed by atoms with Crippen LogP contribution in [-0.4, -0.2) is 24.2 Å². The van der Waals surface area contributed by atoms with Gasteiger partial charge in [-0.3, -0.25) is 0 Å². The van der Waals surface area contributed by atoms with E-state index in [-0.39, 0.29) is 5.76 Å². The molecule has 2 rings (SSSR count). The predicted octanol–water partition coefficient (Wildman–Crippen LogP) is 2.15. The number of aromatic carboxylic acids is 1. The Morgan fingerprint density at radius 1 is 1.26 bits per heavy atom. The van der Waals surface area contributed by atoms with Crippen molar-refractivity contribution in [1.29, 1.82) is 0 Å². The second-order valence-corrected chi connectivity index (χ2v) is 3.92. The van der Waals surface area contributed by atoms with Crippen LogP contribution in [0, 0.1) is 0 Å². The van der Waals surface area contributed by atoms with Crippen molar-refractivity contribution in [2.75, 3.05) is 13.2 Å². The lowest BCUT2D eigenvalue weighted by Crippen LogP contribution is -2.21. The van der Waals surface area contributed by atoms with Gasteiger partial charge in [0, 0.05) is 18.7 Å². The summed E-state index contributed by atoms with van der Waals surface area (Å²) in [6.07, 6.45) is 1.38. The first-order chi connectivity index (χ1) is 9.27. The summed E-state index contributed by atoms with van der Waals surface area (Å²) in [5, 5.41) is 12.0. The van der Waals surface area contributed by atoms with Crippen molar-refractivity contribution >= 4 is 5.97 Å². The highest BCUT2D eigenvalue weighted by atomic mass is 16.5. The van der Waals surface area contributed by atoms with E-state index in [1.165, 1.54) is 6.26 Å². The number of furan rings is 1. The molecule has 1 heterocycles. The van der Waals surface area contributed by atoms with Gasteiger partial charge in [-0.1, -0.05) is 18.2 Å². The van der Waals surface area contributed by atoms with Crippen molar-refractivity contribution in [3.8, 4) is 5.75 Å². The second-order valence-electron chi connectivity index (χ2n) is 3.92. The quantitative estimate of drug-likeness (QED) is 0.747. The van der Waals surface area contributed by atoms with Crippen LogP contribution in [0.25, 0.3) is 0 Å². The fraction of sp³-hybridized carbons (Fsp3) is 0.214. The number of nitrogens with one attached hydrogen (secondary N) is 1. The molecule has 0 spiro atoms. The molecule has 0 atom stereocenters. The smallest absolute Gasteiger partial charge is 0.372 e. The molecule has 0 unspecified atom stereocenters. The Labute approximate surface area is 110 Å². The van der Waals surface area contributed by atoms with Gasteiger partial charge in [0.25, 0.3) is 0 Å². The maximum Gasteiger partial charge on any atom is 0.372 e. The molecule has 100 valence electrons. The molecular formula is C14H15NO4. The van der Waals surface area contributed by atoms with E-state index in [4.69, 9.17) is 14.3 Å². The molecule has 19 heavy (non-hydrogen) atoms. The van der Waals surface area contributed by atoms with Crippen LogP contribution in [-0.2, 0) is 6.54 Å². The van der Waals surface area contributed by atoms with Gasteiger partial charge in [0.2, 0.25) is 5.76 Å². The van der Waals surface area contributed by atoms with E-state index in [1.807, 2.05) is 30.3 Å². The number of benzene rings is 1. The van der Waals surface area contributed by atoms with Gasteiger partial charge in [-0.2, -0.15) is 0 Å². The molecule has 2 N–H and O–H groups in total. The highest BCUT2D eigenvalue weighted by molar-refractivity contribution is 5.86. The average Bonchev–Trinajstić information content (AvgIpc) is 2.88. The van der Waals surface area contributed by atoms with Crippen LogP contribution in [0.3, 0.4) is 0 Å². The highest BCUT2D eigenvalue weighted by Crippen LogP contribution is 2.10. The summed E-state index contributed by atoms with van der Waals surface area (Å²) < 4.78 is 10.4. The minimum Gasteiger partial charge on any atom is -0.492 e. The minimum atomic E-state index is -1.05. The summed E-state index contributed by atoms with van der Waals surface area (Å²) in [4.78, 5) is 10.8. The third kappa shape index (κ3) is 3.86. The molecule has 1 aromatic carbocycles. The number of carboxylic acids is 1. The zero-order valence-corrected chi connectivity index (χ0v) is 10.3. The van der Waals surface area contributed by atoms with Gasteiger partial charge in [-0.25, -0.2) is 4.79 Å². The lowest BCUT2D eigenvalue weighted by Gasteiger charge is -2.06. The summed E-state index contributed by atoms with van der Waals surface area (Å²) in [6, 6.07) is 11.2. The maximum absolute atomic E-state index is 10.8. The number of hydrogen-bond donors (Lipinski definition) is 2. The van der Waals surface area contributed by atoms with Gasteiger partial charge in [0.1, 0.15) is 12.4 Å². The molecule has 1 aromatic heterocycles. The lowest BCUT2D eigenvalue weighted by atomic mass is 10.2. The van der Waals surface area contributed by atoms with Crippen molar-refractivity contribution in [2.45, 2.75) is 6.54 Å². The van der Waals surface area contributed by atoms with Crippen molar-refractivity contribution in [1.82, 2.24) is 5.32 Å². The Hall–Kier alpha value is -2.27. The number of para-hydroxylation sites is 1.